The third-order valence-electron chi connectivity index (χ3n) is 8.97. The van der Waals surface area contributed by atoms with Gasteiger partial charge in [-0.15, -0.1) is 0 Å². The van der Waals surface area contributed by atoms with E-state index >= 15 is 0 Å². The van der Waals surface area contributed by atoms with Crippen molar-refractivity contribution < 1.29 is 4.42 Å². The number of rotatable bonds is 5. The molecule has 4 heteroatoms. The average Bonchev–Trinajstić information content (AvgIpc) is 3.53. The molecule has 0 atom stereocenters. The van der Waals surface area contributed by atoms with E-state index in [1.165, 1.54) is 21.9 Å². The molecule has 0 fully saturated rings. The molecule has 226 valence electrons. The fraction of sp³-hybridized carbons (Fsp3) is 0. The van der Waals surface area contributed by atoms with Crippen molar-refractivity contribution in [1.29, 1.82) is 0 Å². The maximum absolute atomic E-state index is 6.47. The van der Waals surface area contributed by atoms with Crippen LogP contribution in [0.5, 0.6) is 0 Å². The van der Waals surface area contributed by atoms with E-state index in [0.29, 0.717) is 10.8 Å². The second-order valence-corrected chi connectivity index (χ2v) is 12.4. The predicted octanol–water partition coefficient (Wildman–Crippen LogP) is 12.5. The minimum atomic E-state index is 0.659. The minimum absolute atomic E-state index is 0.659. The summed E-state index contributed by atoms with van der Waals surface area (Å²) in [5.74, 6) is 0.659. The lowest BCUT2D eigenvalue weighted by Crippen LogP contribution is -1.96. The highest BCUT2D eigenvalue weighted by atomic mass is 35.5. The van der Waals surface area contributed by atoms with Gasteiger partial charge < -0.3 is 4.42 Å². The highest BCUT2D eigenvalue weighted by Gasteiger charge is 2.16. The fourth-order valence-electron chi connectivity index (χ4n) is 6.63. The first-order chi connectivity index (χ1) is 23.7. The second-order valence-electron chi connectivity index (χ2n) is 11.9. The van der Waals surface area contributed by atoms with Crippen molar-refractivity contribution in [3.8, 4) is 56.2 Å². The summed E-state index contributed by atoms with van der Waals surface area (Å²) >= 11 is 6.35. The molecule has 3 nitrogen and oxygen atoms in total. The van der Waals surface area contributed by atoms with Crippen LogP contribution < -0.4 is 0 Å². The summed E-state index contributed by atoms with van der Waals surface area (Å²) in [5.41, 5.74) is 10.9. The molecule has 48 heavy (non-hydrogen) atoms. The van der Waals surface area contributed by atoms with Gasteiger partial charge in [0.25, 0.3) is 0 Å². The minimum Gasteiger partial charge on any atom is -0.456 e. The quantitative estimate of drug-likeness (QED) is 0.189. The number of nitrogens with zero attached hydrogens (tertiary/aromatic N) is 2. The van der Waals surface area contributed by atoms with Gasteiger partial charge in [0.15, 0.2) is 5.82 Å². The Morgan fingerprint density at radius 1 is 0.417 bits per heavy atom. The normalized spacial score (nSPS) is 11.4. The summed E-state index contributed by atoms with van der Waals surface area (Å²) in [6.45, 7) is 0. The largest absolute Gasteiger partial charge is 0.456 e. The Bertz CT molecular complexity index is 2620. The maximum Gasteiger partial charge on any atom is 0.160 e. The molecule has 0 amide bonds. The molecule has 9 rings (SSSR count). The summed E-state index contributed by atoms with van der Waals surface area (Å²) in [6.07, 6.45) is 0. The molecule has 0 aliphatic heterocycles. The number of hydrogen-bond donors (Lipinski definition) is 0. The Kier molecular flexibility index (Phi) is 6.84. The standard InChI is InChI=1S/C44H27ClN2O/c45-34-14-6-13-33(25-34)40-27-39(30-10-2-1-3-11-30)46-44(47-40)31-21-19-28(20-22-31)32-23-24-38-42(26-32)48-41-18-8-17-37(43(38)41)36-16-7-12-29-9-4-5-15-35(29)36/h1-27H. The number of benzene rings is 7. The molecule has 2 aromatic heterocycles. The van der Waals surface area contributed by atoms with E-state index < -0.39 is 0 Å². The van der Waals surface area contributed by atoms with Crippen molar-refractivity contribution in [2.45, 2.75) is 0 Å². The van der Waals surface area contributed by atoms with Gasteiger partial charge in [-0.1, -0.05) is 139 Å². The Morgan fingerprint density at radius 2 is 1.08 bits per heavy atom. The van der Waals surface area contributed by atoms with Crippen molar-refractivity contribution in [3.05, 3.63) is 169 Å². The monoisotopic (exact) mass is 634 g/mol. The van der Waals surface area contributed by atoms with Crippen LogP contribution >= 0.6 is 11.6 Å². The van der Waals surface area contributed by atoms with Crippen LogP contribution in [0.1, 0.15) is 0 Å². The summed E-state index contributed by atoms with van der Waals surface area (Å²) in [4.78, 5) is 9.96. The van der Waals surface area contributed by atoms with Gasteiger partial charge in [0.05, 0.1) is 11.4 Å². The molecule has 0 radical (unpaired) electrons. The molecule has 0 saturated heterocycles. The lowest BCUT2D eigenvalue weighted by Gasteiger charge is -2.10. The highest BCUT2D eigenvalue weighted by molar-refractivity contribution is 6.30. The van der Waals surface area contributed by atoms with Gasteiger partial charge in [0.1, 0.15) is 11.2 Å². The molecule has 0 N–H and O–H groups in total. The Balaban J connectivity index is 1.10. The highest BCUT2D eigenvalue weighted by Crippen LogP contribution is 2.40. The summed E-state index contributed by atoms with van der Waals surface area (Å²) in [6, 6.07) is 56.2. The zero-order chi connectivity index (χ0) is 32.0. The van der Waals surface area contributed by atoms with Crippen LogP contribution in [0.25, 0.3) is 88.9 Å². The molecule has 0 saturated carbocycles. The number of furan rings is 1. The van der Waals surface area contributed by atoms with E-state index in [4.69, 9.17) is 26.0 Å². The van der Waals surface area contributed by atoms with Crippen molar-refractivity contribution in [2.24, 2.45) is 0 Å². The zero-order valence-electron chi connectivity index (χ0n) is 25.8. The number of hydrogen-bond acceptors (Lipinski definition) is 3. The van der Waals surface area contributed by atoms with E-state index in [2.05, 4.69) is 115 Å². The van der Waals surface area contributed by atoms with Gasteiger partial charge in [-0.2, -0.15) is 0 Å². The maximum atomic E-state index is 6.47. The first kappa shape index (κ1) is 28.2. The van der Waals surface area contributed by atoms with Crippen molar-refractivity contribution in [1.82, 2.24) is 9.97 Å². The van der Waals surface area contributed by atoms with Gasteiger partial charge in [-0.3, -0.25) is 0 Å². The van der Waals surface area contributed by atoms with Crippen LogP contribution in [-0.2, 0) is 0 Å². The van der Waals surface area contributed by atoms with E-state index in [-0.39, 0.29) is 0 Å². The first-order valence-electron chi connectivity index (χ1n) is 15.9. The fourth-order valence-corrected chi connectivity index (χ4v) is 6.82. The number of aromatic nitrogens is 2. The SMILES string of the molecule is Clc1cccc(-c2cc(-c3ccccc3)nc(-c3ccc(-c4ccc5c(c4)oc4cccc(-c6cccc7ccccc67)c45)cc3)n2)c1. The third kappa shape index (κ3) is 5.02. The smallest absolute Gasteiger partial charge is 0.160 e. The molecule has 7 aromatic carbocycles. The number of fused-ring (bicyclic) bond motifs is 4. The van der Waals surface area contributed by atoms with Gasteiger partial charge in [0, 0.05) is 32.5 Å². The van der Waals surface area contributed by atoms with Crippen LogP contribution in [0.3, 0.4) is 0 Å². The summed E-state index contributed by atoms with van der Waals surface area (Å²) < 4.78 is 6.47. The third-order valence-corrected chi connectivity index (χ3v) is 9.20. The Labute approximate surface area is 282 Å². The number of halogens is 1. The van der Waals surface area contributed by atoms with Gasteiger partial charge >= 0.3 is 0 Å². The van der Waals surface area contributed by atoms with Crippen LogP contribution in [0, 0.1) is 0 Å². The van der Waals surface area contributed by atoms with Gasteiger partial charge in [-0.05, 0) is 69.4 Å². The van der Waals surface area contributed by atoms with E-state index in [1.54, 1.807) is 0 Å². The zero-order valence-corrected chi connectivity index (χ0v) is 26.5. The molecule has 2 heterocycles. The lowest BCUT2D eigenvalue weighted by atomic mass is 9.94. The van der Waals surface area contributed by atoms with Gasteiger partial charge in [0.2, 0.25) is 0 Å². The second kappa shape index (κ2) is 11.6. The Morgan fingerprint density at radius 3 is 1.94 bits per heavy atom. The van der Waals surface area contributed by atoms with Crippen LogP contribution in [0.4, 0.5) is 0 Å². The molecule has 0 unspecified atom stereocenters. The van der Waals surface area contributed by atoms with E-state index in [1.807, 2.05) is 48.5 Å². The molecule has 0 bridgehead atoms. The molecular formula is C44H27ClN2O. The predicted molar refractivity (Wildman–Crippen MR) is 199 cm³/mol. The lowest BCUT2D eigenvalue weighted by molar-refractivity contribution is 0.669. The topological polar surface area (TPSA) is 38.9 Å². The molecule has 9 aromatic rings. The van der Waals surface area contributed by atoms with E-state index in [0.717, 1.165) is 61.1 Å². The molecule has 0 aliphatic carbocycles. The average molecular weight is 635 g/mol. The van der Waals surface area contributed by atoms with Crippen molar-refractivity contribution in [3.63, 3.8) is 0 Å². The summed E-state index contributed by atoms with van der Waals surface area (Å²) in [5, 5.41) is 5.37. The van der Waals surface area contributed by atoms with Crippen LogP contribution in [-0.4, -0.2) is 9.97 Å². The van der Waals surface area contributed by atoms with Crippen molar-refractivity contribution in [2.75, 3.05) is 0 Å². The van der Waals surface area contributed by atoms with E-state index in [9.17, 15) is 0 Å². The van der Waals surface area contributed by atoms with Crippen LogP contribution in [0.15, 0.2) is 168 Å². The first-order valence-corrected chi connectivity index (χ1v) is 16.3. The van der Waals surface area contributed by atoms with Gasteiger partial charge in [-0.25, -0.2) is 9.97 Å². The van der Waals surface area contributed by atoms with Crippen molar-refractivity contribution >= 4 is 44.3 Å². The van der Waals surface area contributed by atoms with Crippen LogP contribution in [0.2, 0.25) is 5.02 Å². The molecular weight excluding hydrogens is 608 g/mol. The Hall–Kier alpha value is -6.03. The summed E-state index contributed by atoms with van der Waals surface area (Å²) in [7, 11) is 0. The molecule has 0 aliphatic rings. The molecule has 0 spiro atoms.